The van der Waals surface area contributed by atoms with Crippen LogP contribution >= 0.6 is 11.3 Å². The minimum atomic E-state index is -3.03. The third kappa shape index (κ3) is 8.36. The van der Waals surface area contributed by atoms with Crippen molar-refractivity contribution >= 4 is 28.3 Å². The van der Waals surface area contributed by atoms with Crippen molar-refractivity contribution in [2.45, 2.75) is 51.4 Å². The Bertz CT molecular complexity index is 1410. The second-order valence-electron chi connectivity index (χ2n) is 8.62. The number of carbonyl (C=O) groups excluding carboxylic acids is 2. The molecule has 0 unspecified atom stereocenters. The maximum Gasteiger partial charge on any atom is 0.273 e. The highest BCUT2D eigenvalue weighted by molar-refractivity contribution is 7.15. The molecule has 0 spiro atoms. The minimum Gasteiger partial charge on any atom is -0.345 e. The zero-order valence-electron chi connectivity index (χ0n) is 20.7. The van der Waals surface area contributed by atoms with Gasteiger partial charge in [-0.3, -0.25) is 19.6 Å². The number of alkyl halides is 3. The van der Waals surface area contributed by atoms with Crippen LogP contribution in [0.3, 0.4) is 0 Å². The number of halogens is 3. The molecule has 0 aliphatic rings. The molecular formula is C24H24F3N9O2S. The average molecular weight is 560 g/mol. The third-order valence-corrected chi connectivity index (χ3v) is 6.26. The lowest BCUT2D eigenvalue weighted by molar-refractivity contribution is -0.115. The van der Waals surface area contributed by atoms with Crippen LogP contribution in [0.4, 0.5) is 18.3 Å². The van der Waals surface area contributed by atoms with Crippen molar-refractivity contribution < 1.29 is 22.8 Å². The molecule has 4 aromatic heterocycles. The molecule has 39 heavy (non-hydrogen) atoms. The number of carbonyl (C=O) groups is 2. The molecule has 0 saturated carbocycles. The molecule has 15 heteroatoms. The number of hydrogen-bond acceptors (Lipinski definition) is 9. The molecule has 0 aliphatic carbocycles. The van der Waals surface area contributed by atoms with E-state index in [9.17, 15) is 22.8 Å². The Hall–Kier alpha value is -4.27. The summed E-state index contributed by atoms with van der Waals surface area (Å²) in [4.78, 5) is 32.5. The van der Waals surface area contributed by atoms with E-state index in [-0.39, 0.29) is 48.8 Å². The zero-order chi connectivity index (χ0) is 27.8. The third-order valence-electron chi connectivity index (χ3n) is 5.36. The second kappa shape index (κ2) is 12.5. The van der Waals surface area contributed by atoms with E-state index in [1.54, 1.807) is 24.4 Å². The van der Waals surface area contributed by atoms with Crippen molar-refractivity contribution in [1.82, 2.24) is 40.5 Å². The van der Waals surface area contributed by atoms with Crippen LogP contribution in [-0.4, -0.2) is 53.1 Å². The Morgan fingerprint density at radius 2 is 1.92 bits per heavy atom. The number of pyridine rings is 2. The van der Waals surface area contributed by atoms with Crippen LogP contribution in [0.2, 0.25) is 0 Å². The number of aryl methyl sites for hydroxylation is 1. The second-order valence-corrected chi connectivity index (χ2v) is 9.68. The molecule has 2 N–H and O–H groups in total. The molecule has 0 aromatic carbocycles. The summed E-state index contributed by atoms with van der Waals surface area (Å²) in [6, 6.07) is 7.71. The van der Waals surface area contributed by atoms with Crippen molar-refractivity contribution in [3.05, 3.63) is 76.6 Å². The van der Waals surface area contributed by atoms with Gasteiger partial charge < -0.3 is 10.6 Å². The summed E-state index contributed by atoms with van der Waals surface area (Å²) in [6.07, 6.45) is 3.34. The van der Waals surface area contributed by atoms with Gasteiger partial charge in [-0.05, 0) is 30.7 Å². The molecule has 11 nitrogen and oxygen atoms in total. The average Bonchev–Trinajstić information content (AvgIpc) is 3.56. The molecule has 0 saturated heterocycles. The van der Waals surface area contributed by atoms with E-state index in [4.69, 9.17) is 0 Å². The summed E-state index contributed by atoms with van der Waals surface area (Å²) >= 11 is 1.16. The van der Waals surface area contributed by atoms with E-state index in [0.717, 1.165) is 18.3 Å². The number of nitrogens with one attached hydrogen (secondary N) is 2. The highest BCUT2D eigenvalue weighted by atomic mass is 32.1. The Morgan fingerprint density at radius 3 is 2.69 bits per heavy atom. The molecule has 204 valence electrons. The fourth-order valence-corrected chi connectivity index (χ4v) is 4.18. The van der Waals surface area contributed by atoms with E-state index in [0.29, 0.717) is 22.3 Å². The van der Waals surface area contributed by atoms with Crippen LogP contribution in [0, 0.1) is 0 Å². The van der Waals surface area contributed by atoms with Gasteiger partial charge in [0.15, 0.2) is 5.69 Å². The van der Waals surface area contributed by atoms with Gasteiger partial charge in [0.1, 0.15) is 11.2 Å². The summed E-state index contributed by atoms with van der Waals surface area (Å²) in [7, 11) is 0. The lowest BCUT2D eigenvalue weighted by Gasteiger charge is -2.11. The Balaban J connectivity index is 1.20. The highest BCUT2D eigenvalue weighted by Gasteiger charge is 2.24. The first-order chi connectivity index (χ1) is 18.7. The quantitative estimate of drug-likeness (QED) is 0.270. The molecule has 0 aliphatic heterocycles. The largest absolute Gasteiger partial charge is 0.345 e. The molecule has 0 radical (unpaired) electrons. The van der Waals surface area contributed by atoms with E-state index in [2.05, 4.69) is 41.1 Å². The smallest absolute Gasteiger partial charge is 0.273 e. The maximum atomic E-state index is 14.6. The van der Waals surface area contributed by atoms with Crippen molar-refractivity contribution in [3.8, 4) is 0 Å². The number of hydrogen-bond donors (Lipinski definition) is 2. The summed E-state index contributed by atoms with van der Waals surface area (Å²) in [5, 5.41) is 21.5. The Kier molecular flexibility index (Phi) is 8.91. The molecule has 0 fully saturated rings. The number of nitrogens with zero attached hydrogens (tertiary/aromatic N) is 7. The first-order valence-corrected chi connectivity index (χ1v) is 12.6. The van der Waals surface area contributed by atoms with Crippen LogP contribution in [0.15, 0.2) is 48.9 Å². The topological polar surface area (TPSA) is 140 Å². The van der Waals surface area contributed by atoms with Gasteiger partial charge >= 0.3 is 0 Å². The summed E-state index contributed by atoms with van der Waals surface area (Å²) in [6.45, 7) is 0.550. The SMILES string of the molecule is CC(F)(F)c1ccnc(CNC(=O)c2cn(C[C@H](F)CCc3nnc(NC(=O)Cc4ccccn4)s3)nn2)c1. The van der Waals surface area contributed by atoms with E-state index >= 15 is 0 Å². The lowest BCUT2D eigenvalue weighted by atomic mass is 10.1. The van der Waals surface area contributed by atoms with Gasteiger partial charge in [-0.15, -0.1) is 15.3 Å². The molecular weight excluding hydrogens is 535 g/mol. The minimum absolute atomic E-state index is 0.0469. The van der Waals surface area contributed by atoms with Crippen molar-refractivity contribution in [3.63, 3.8) is 0 Å². The van der Waals surface area contributed by atoms with Gasteiger partial charge in [0, 0.05) is 37.0 Å². The summed E-state index contributed by atoms with van der Waals surface area (Å²) in [5.74, 6) is -3.90. The van der Waals surface area contributed by atoms with Gasteiger partial charge in [-0.2, -0.15) is 0 Å². The van der Waals surface area contributed by atoms with E-state index in [1.807, 2.05) is 0 Å². The monoisotopic (exact) mass is 559 g/mol. The predicted octanol–water partition coefficient (Wildman–Crippen LogP) is 3.11. The van der Waals surface area contributed by atoms with Crippen LogP contribution in [-0.2, 0) is 36.6 Å². The van der Waals surface area contributed by atoms with Gasteiger partial charge in [0.05, 0.1) is 31.4 Å². The summed E-state index contributed by atoms with van der Waals surface area (Å²) < 4.78 is 42.7. The maximum absolute atomic E-state index is 14.6. The van der Waals surface area contributed by atoms with Crippen LogP contribution < -0.4 is 10.6 Å². The number of aromatic nitrogens is 7. The predicted molar refractivity (Wildman–Crippen MR) is 135 cm³/mol. The van der Waals surface area contributed by atoms with Crippen molar-refractivity contribution in [2.75, 3.05) is 5.32 Å². The molecule has 4 heterocycles. The van der Waals surface area contributed by atoms with E-state index < -0.39 is 18.0 Å². The van der Waals surface area contributed by atoms with Crippen molar-refractivity contribution in [2.24, 2.45) is 0 Å². The van der Waals surface area contributed by atoms with Crippen LogP contribution in [0.1, 0.15) is 45.8 Å². The molecule has 2 amide bonds. The van der Waals surface area contributed by atoms with Gasteiger partial charge in [0.2, 0.25) is 11.0 Å². The lowest BCUT2D eigenvalue weighted by Crippen LogP contribution is -2.24. The standard InChI is InChI=1S/C24H24F3N9O2S/c1-24(26,27)15-7-9-29-18(10-15)12-30-22(38)19-14-36(35-32-19)13-16(25)5-6-21-33-34-23(39-21)31-20(37)11-17-4-2-3-8-28-17/h2-4,7-10,14,16H,5-6,11-13H2,1H3,(H,30,38)(H,31,34,37)/t16-/m1/s1. The highest BCUT2D eigenvalue weighted by Crippen LogP contribution is 2.26. The van der Waals surface area contributed by atoms with Crippen LogP contribution in [0.25, 0.3) is 0 Å². The normalized spacial score (nSPS) is 12.2. The Labute approximate surface area is 224 Å². The van der Waals surface area contributed by atoms with E-state index in [1.165, 1.54) is 29.2 Å². The fraction of sp³-hybridized carbons (Fsp3) is 0.333. The van der Waals surface area contributed by atoms with Gasteiger partial charge in [-0.25, -0.2) is 17.9 Å². The first kappa shape index (κ1) is 27.8. The Morgan fingerprint density at radius 1 is 1.10 bits per heavy atom. The molecule has 4 aromatic rings. The summed E-state index contributed by atoms with van der Waals surface area (Å²) in [5.41, 5.74) is 0.622. The van der Waals surface area contributed by atoms with Crippen molar-refractivity contribution in [1.29, 1.82) is 0 Å². The zero-order valence-corrected chi connectivity index (χ0v) is 21.5. The molecule has 0 bridgehead atoms. The fourth-order valence-electron chi connectivity index (χ4n) is 3.41. The number of amides is 2. The first-order valence-electron chi connectivity index (χ1n) is 11.8. The van der Waals surface area contributed by atoms with Gasteiger partial charge in [-0.1, -0.05) is 22.6 Å². The van der Waals surface area contributed by atoms with Crippen LogP contribution in [0.5, 0.6) is 0 Å². The number of anilines is 1. The van der Waals surface area contributed by atoms with Gasteiger partial charge in [0.25, 0.3) is 11.8 Å². The number of rotatable bonds is 12. The molecule has 4 rings (SSSR count). The molecule has 1 atom stereocenters.